The Balaban J connectivity index is 3.05. The van der Waals surface area contributed by atoms with Crippen molar-refractivity contribution in [2.45, 2.75) is 71.9 Å². The summed E-state index contributed by atoms with van der Waals surface area (Å²) in [6, 6.07) is -0.470. The molecule has 0 aromatic rings. The van der Waals surface area contributed by atoms with Crippen LogP contribution >= 0.6 is 0 Å². The number of amides is 1. The second kappa shape index (κ2) is 5.61. The van der Waals surface area contributed by atoms with Gasteiger partial charge in [-0.25, -0.2) is 4.79 Å². The monoisotopic (exact) mass is 299 g/mol. The molecular formula is C16H29NO4. The van der Waals surface area contributed by atoms with E-state index in [-0.39, 0.29) is 6.61 Å². The van der Waals surface area contributed by atoms with Crippen LogP contribution in [0.15, 0.2) is 12.7 Å². The topological polar surface area (TPSA) is 59.0 Å². The third kappa shape index (κ3) is 3.98. The van der Waals surface area contributed by atoms with Crippen molar-refractivity contribution in [3.8, 4) is 0 Å². The van der Waals surface area contributed by atoms with Crippen molar-refractivity contribution in [3.05, 3.63) is 12.7 Å². The molecule has 5 nitrogen and oxygen atoms in total. The van der Waals surface area contributed by atoms with Crippen LogP contribution in [0.2, 0.25) is 0 Å². The molecule has 1 aliphatic rings. The van der Waals surface area contributed by atoms with Gasteiger partial charge < -0.3 is 14.6 Å². The number of nitrogens with zero attached hydrogens (tertiary/aromatic N) is 1. The van der Waals surface area contributed by atoms with E-state index in [9.17, 15) is 9.90 Å². The number of hydrogen-bond donors (Lipinski definition) is 1. The molecule has 0 bridgehead atoms. The average Bonchev–Trinajstić information content (AvgIpc) is 2.61. The number of carbonyl (C=O) groups is 1. The van der Waals surface area contributed by atoms with Crippen LogP contribution in [0.1, 0.15) is 48.5 Å². The molecule has 0 aromatic carbocycles. The molecule has 1 amide bonds. The van der Waals surface area contributed by atoms with Crippen molar-refractivity contribution in [1.82, 2.24) is 4.90 Å². The van der Waals surface area contributed by atoms with Crippen molar-refractivity contribution >= 4 is 6.09 Å². The van der Waals surface area contributed by atoms with Gasteiger partial charge in [0.2, 0.25) is 0 Å². The second-order valence-electron chi connectivity index (χ2n) is 7.65. The molecule has 2 atom stereocenters. The first kappa shape index (κ1) is 18.0. The summed E-state index contributed by atoms with van der Waals surface area (Å²) in [5.41, 5.74) is -1.95. The summed E-state index contributed by atoms with van der Waals surface area (Å²) in [5.74, 6) is 0. The van der Waals surface area contributed by atoms with E-state index >= 15 is 0 Å². The summed E-state index contributed by atoms with van der Waals surface area (Å²) in [6.45, 7) is 16.8. The van der Waals surface area contributed by atoms with Gasteiger partial charge in [-0.05, 0) is 34.6 Å². The van der Waals surface area contributed by atoms with Crippen LogP contribution in [0.3, 0.4) is 0 Å². The maximum absolute atomic E-state index is 12.5. The Labute approximate surface area is 127 Å². The lowest BCUT2D eigenvalue weighted by Crippen LogP contribution is -2.55. The van der Waals surface area contributed by atoms with Gasteiger partial charge in [-0.2, -0.15) is 0 Å². The number of carbonyl (C=O) groups excluding carboxylic acids is 1. The van der Waals surface area contributed by atoms with Crippen molar-refractivity contribution < 1.29 is 19.4 Å². The van der Waals surface area contributed by atoms with E-state index in [1.807, 2.05) is 34.6 Å². The summed E-state index contributed by atoms with van der Waals surface area (Å²) in [6.07, 6.45) is 0.425. The first-order valence-corrected chi connectivity index (χ1v) is 7.30. The third-order valence-electron chi connectivity index (χ3n) is 3.76. The molecule has 122 valence electrons. The quantitative estimate of drug-likeness (QED) is 0.814. The van der Waals surface area contributed by atoms with E-state index in [0.717, 1.165) is 0 Å². The normalized spacial score (nSPS) is 23.8. The van der Waals surface area contributed by atoms with E-state index in [4.69, 9.17) is 9.47 Å². The molecule has 1 rings (SSSR count). The van der Waals surface area contributed by atoms with Crippen LogP contribution in [0.4, 0.5) is 4.79 Å². The molecule has 21 heavy (non-hydrogen) atoms. The van der Waals surface area contributed by atoms with Gasteiger partial charge in [-0.1, -0.05) is 19.9 Å². The molecule has 0 saturated carbocycles. The Bertz CT molecular complexity index is 409. The van der Waals surface area contributed by atoms with Crippen LogP contribution in [0.25, 0.3) is 0 Å². The smallest absolute Gasteiger partial charge is 0.412 e. The van der Waals surface area contributed by atoms with Gasteiger partial charge >= 0.3 is 6.09 Å². The molecule has 1 aliphatic heterocycles. The Hall–Kier alpha value is -1.07. The minimum Gasteiger partial charge on any atom is -0.444 e. The third-order valence-corrected chi connectivity index (χ3v) is 3.76. The molecule has 1 heterocycles. The predicted molar refractivity (Wildman–Crippen MR) is 81.9 cm³/mol. The van der Waals surface area contributed by atoms with Crippen LogP contribution in [0, 0.1) is 5.41 Å². The minimum atomic E-state index is -0.814. The summed E-state index contributed by atoms with van der Waals surface area (Å²) < 4.78 is 11.1. The predicted octanol–water partition coefficient (Wildman–Crippen LogP) is 2.93. The van der Waals surface area contributed by atoms with Gasteiger partial charge in [0.25, 0.3) is 0 Å². The molecular weight excluding hydrogens is 270 g/mol. The van der Waals surface area contributed by atoms with E-state index in [1.165, 1.54) is 4.90 Å². The maximum atomic E-state index is 12.5. The summed E-state index contributed by atoms with van der Waals surface area (Å²) in [7, 11) is 0. The van der Waals surface area contributed by atoms with Crippen LogP contribution in [-0.4, -0.2) is 46.2 Å². The fourth-order valence-corrected chi connectivity index (χ4v) is 2.35. The Kier molecular flexibility index (Phi) is 4.81. The zero-order valence-corrected chi connectivity index (χ0v) is 14.3. The molecule has 1 fully saturated rings. The van der Waals surface area contributed by atoms with E-state index in [0.29, 0.717) is 0 Å². The molecule has 1 saturated heterocycles. The lowest BCUT2D eigenvalue weighted by Gasteiger charge is -2.39. The fourth-order valence-electron chi connectivity index (χ4n) is 2.35. The highest BCUT2D eigenvalue weighted by Crippen LogP contribution is 2.36. The van der Waals surface area contributed by atoms with Gasteiger partial charge in [0.1, 0.15) is 11.3 Å². The molecule has 1 unspecified atom stereocenters. The lowest BCUT2D eigenvalue weighted by molar-refractivity contribution is -0.0725. The second-order valence-corrected chi connectivity index (χ2v) is 7.65. The number of hydrogen-bond acceptors (Lipinski definition) is 4. The zero-order valence-electron chi connectivity index (χ0n) is 14.3. The summed E-state index contributed by atoms with van der Waals surface area (Å²) in [5, 5.41) is 10.6. The Morgan fingerprint density at radius 3 is 2.38 bits per heavy atom. The lowest BCUT2D eigenvalue weighted by atomic mass is 9.82. The van der Waals surface area contributed by atoms with Crippen molar-refractivity contribution in [2.24, 2.45) is 5.41 Å². The van der Waals surface area contributed by atoms with E-state index < -0.39 is 35.0 Å². The first-order chi connectivity index (χ1) is 9.32. The highest BCUT2D eigenvalue weighted by atomic mass is 16.6. The minimum absolute atomic E-state index is 0.269. The molecule has 0 aliphatic carbocycles. The number of rotatable bonds is 3. The Morgan fingerprint density at radius 2 is 1.95 bits per heavy atom. The van der Waals surface area contributed by atoms with E-state index in [2.05, 4.69) is 6.58 Å². The number of aliphatic hydroxyl groups excluding tert-OH is 1. The molecule has 0 aromatic heterocycles. The molecule has 1 N–H and O–H groups in total. The number of aliphatic hydroxyl groups is 1. The van der Waals surface area contributed by atoms with Gasteiger partial charge in [-0.3, -0.25) is 4.90 Å². The average molecular weight is 299 g/mol. The van der Waals surface area contributed by atoms with E-state index in [1.54, 1.807) is 19.9 Å². The van der Waals surface area contributed by atoms with Gasteiger partial charge in [0.05, 0.1) is 18.8 Å². The standard InChI is InChI=1S/C16H29NO4/c1-9-15(5,6)12(18)11-10-20-16(7,8)17(11)13(19)21-14(2,3)4/h9,11-12,18H,1,10H2,2-8H3/t11-,12?/m0/s1. The van der Waals surface area contributed by atoms with Crippen LogP contribution in [0.5, 0.6) is 0 Å². The van der Waals surface area contributed by atoms with Crippen molar-refractivity contribution in [3.63, 3.8) is 0 Å². The summed E-state index contributed by atoms with van der Waals surface area (Å²) >= 11 is 0. The largest absolute Gasteiger partial charge is 0.444 e. The van der Waals surface area contributed by atoms with Crippen LogP contribution in [-0.2, 0) is 9.47 Å². The van der Waals surface area contributed by atoms with Gasteiger partial charge in [0.15, 0.2) is 0 Å². The van der Waals surface area contributed by atoms with Gasteiger partial charge in [0, 0.05) is 5.41 Å². The molecule has 0 spiro atoms. The molecule has 5 heteroatoms. The molecule has 0 radical (unpaired) electrons. The highest BCUT2D eigenvalue weighted by molar-refractivity contribution is 5.70. The SMILES string of the molecule is C=CC(C)(C)C(O)[C@@H]1COC(C)(C)N1C(=O)OC(C)(C)C. The highest BCUT2D eigenvalue weighted by Gasteiger charge is 2.50. The van der Waals surface area contributed by atoms with Crippen molar-refractivity contribution in [1.29, 1.82) is 0 Å². The van der Waals surface area contributed by atoms with Gasteiger partial charge in [-0.15, -0.1) is 6.58 Å². The Morgan fingerprint density at radius 1 is 1.43 bits per heavy atom. The summed E-state index contributed by atoms with van der Waals surface area (Å²) in [4.78, 5) is 14.0. The van der Waals surface area contributed by atoms with Crippen LogP contribution < -0.4 is 0 Å². The zero-order chi connectivity index (χ0) is 16.6. The first-order valence-electron chi connectivity index (χ1n) is 7.30. The fraction of sp³-hybridized carbons (Fsp3) is 0.812. The van der Waals surface area contributed by atoms with Crippen molar-refractivity contribution in [2.75, 3.05) is 6.61 Å². The maximum Gasteiger partial charge on any atom is 0.412 e. The number of ether oxygens (including phenoxy) is 2.